The van der Waals surface area contributed by atoms with Crippen LogP contribution in [0.25, 0.3) is 0 Å². The van der Waals surface area contributed by atoms with E-state index in [1.807, 2.05) is 27.7 Å². The smallest absolute Gasteiger partial charge is 0.172 e. The van der Waals surface area contributed by atoms with Crippen molar-refractivity contribution in [3.8, 4) is 0 Å². The van der Waals surface area contributed by atoms with Gasteiger partial charge in [-0.2, -0.15) is 5.06 Å². The summed E-state index contributed by atoms with van der Waals surface area (Å²) in [5.74, 6) is -0.508. The van der Waals surface area contributed by atoms with Crippen LogP contribution in [0.15, 0.2) is 0 Å². The quantitative estimate of drug-likeness (QED) is 0.826. The first-order valence-corrected chi connectivity index (χ1v) is 7.02. The maximum absolute atomic E-state index is 10.3. The fourth-order valence-corrected chi connectivity index (χ4v) is 3.62. The molecule has 0 aromatic rings. The second kappa shape index (κ2) is 4.44. The predicted molar refractivity (Wildman–Crippen MR) is 69.5 cm³/mol. The fraction of sp³-hybridized carbons (Fsp3) is 1.00. The van der Waals surface area contributed by atoms with Crippen LogP contribution in [0.4, 0.5) is 0 Å². The van der Waals surface area contributed by atoms with Gasteiger partial charge < -0.3 is 14.7 Å². The van der Waals surface area contributed by atoms with Crippen molar-refractivity contribution in [1.82, 2.24) is 5.06 Å². The van der Waals surface area contributed by atoms with Gasteiger partial charge in [0.1, 0.15) is 0 Å². The van der Waals surface area contributed by atoms with Gasteiger partial charge in [0, 0.05) is 23.9 Å². The molecule has 2 fully saturated rings. The molecule has 1 atom stereocenters. The molecule has 1 spiro atoms. The average molecular weight is 257 g/mol. The van der Waals surface area contributed by atoms with Crippen molar-refractivity contribution in [2.24, 2.45) is 0 Å². The summed E-state index contributed by atoms with van der Waals surface area (Å²) >= 11 is 0. The highest BCUT2D eigenvalue weighted by Gasteiger charge is 2.56. The van der Waals surface area contributed by atoms with Crippen molar-refractivity contribution in [3.63, 3.8) is 0 Å². The molecule has 1 unspecified atom stereocenters. The number of ether oxygens (including phenoxy) is 2. The maximum Gasteiger partial charge on any atom is 0.172 e. The zero-order valence-corrected chi connectivity index (χ0v) is 12.3. The van der Waals surface area contributed by atoms with E-state index in [1.165, 1.54) is 5.06 Å². The first-order valence-electron chi connectivity index (χ1n) is 7.02. The van der Waals surface area contributed by atoms with Crippen LogP contribution < -0.4 is 0 Å². The third kappa shape index (κ3) is 2.44. The average Bonchev–Trinajstić information content (AvgIpc) is 2.57. The molecule has 2 aliphatic heterocycles. The molecule has 1 N–H and O–H groups in total. The highest BCUT2D eigenvalue weighted by Crippen LogP contribution is 2.47. The van der Waals surface area contributed by atoms with Gasteiger partial charge in [0.25, 0.3) is 0 Å². The third-order valence-corrected chi connectivity index (χ3v) is 4.08. The largest absolute Gasteiger partial charge is 0.347 e. The Hall–Kier alpha value is -0.160. The second-order valence-corrected chi connectivity index (χ2v) is 7.04. The van der Waals surface area contributed by atoms with E-state index in [0.29, 0.717) is 19.4 Å². The van der Waals surface area contributed by atoms with Crippen LogP contribution in [0.3, 0.4) is 0 Å². The van der Waals surface area contributed by atoms with Crippen molar-refractivity contribution >= 4 is 0 Å². The van der Waals surface area contributed by atoms with Gasteiger partial charge in [-0.05, 0) is 34.1 Å². The molecule has 2 heterocycles. The van der Waals surface area contributed by atoms with Gasteiger partial charge in [-0.15, -0.1) is 0 Å². The summed E-state index contributed by atoms with van der Waals surface area (Å²) in [6.45, 7) is 11.0. The number of piperidine rings is 1. The summed E-state index contributed by atoms with van der Waals surface area (Å²) in [7, 11) is 0. The Bertz CT molecular complexity index is 296. The summed E-state index contributed by atoms with van der Waals surface area (Å²) < 4.78 is 12.2. The van der Waals surface area contributed by atoms with E-state index in [9.17, 15) is 5.21 Å². The van der Waals surface area contributed by atoms with Gasteiger partial charge in [0.15, 0.2) is 5.79 Å². The van der Waals surface area contributed by atoms with E-state index in [2.05, 4.69) is 6.92 Å². The summed E-state index contributed by atoms with van der Waals surface area (Å²) in [6, 6.07) is 0. The van der Waals surface area contributed by atoms with E-state index < -0.39 is 5.79 Å². The molecule has 106 valence electrons. The molecule has 0 bridgehead atoms. The highest BCUT2D eigenvalue weighted by molar-refractivity contribution is 5.02. The minimum atomic E-state index is -0.508. The molecule has 0 aromatic carbocycles. The van der Waals surface area contributed by atoms with E-state index in [4.69, 9.17) is 9.47 Å². The van der Waals surface area contributed by atoms with Crippen molar-refractivity contribution in [3.05, 3.63) is 0 Å². The highest BCUT2D eigenvalue weighted by atomic mass is 16.7. The minimum absolute atomic E-state index is 0.215. The first-order chi connectivity index (χ1) is 8.21. The minimum Gasteiger partial charge on any atom is -0.347 e. The molecular formula is C14H27NO3. The Morgan fingerprint density at radius 3 is 2.22 bits per heavy atom. The van der Waals surface area contributed by atoms with Gasteiger partial charge in [-0.25, -0.2) is 0 Å². The topological polar surface area (TPSA) is 41.9 Å². The van der Waals surface area contributed by atoms with Crippen molar-refractivity contribution < 1.29 is 14.7 Å². The van der Waals surface area contributed by atoms with E-state index in [0.717, 1.165) is 12.8 Å². The van der Waals surface area contributed by atoms with E-state index >= 15 is 0 Å². The second-order valence-electron chi connectivity index (χ2n) is 7.04. The van der Waals surface area contributed by atoms with Crippen molar-refractivity contribution in [1.29, 1.82) is 0 Å². The first kappa shape index (κ1) is 14.3. The van der Waals surface area contributed by atoms with Crippen LogP contribution >= 0.6 is 0 Å². The molecule has 4 nitrogen and oxygen atoms in total. The number of nitrogens with zero attached hydrogens (tertiary/aromatic N) is 1. The molecule has 0 saturated carbocycles. The Balaban J connectivity index is 2.16. The monoisotopic (exact) mass is 257 g/mol. The summed E-state index contributed by atoms with van der Waals surface area (Å²) in [6.07, 6.45) is 3.79. The summed E-state index contributed by atoms with van der Waals surface area (Å²) in [5, 5.41) is 11.8. The van der Waals surface area contributed by atoms with Crippen LogP contribution in [-0.4, -0.2) is 39.8 Å². The van der Waals surface area contributed by atoms with Crippen LogP contribution in [0.5, 0.6) is 0 Å². The van der Waals surface area contributed by atoms with Crippen molar-refractivity contribution in [2.75, 3.05) is 6.61 Å². The Morgan fingerprint density at radius 1 is 1.17 bits per heavy atom. The number of rotatable bonds is 2. The lowest BCUT2D eigenvalue weighted by Crippen LogP contribution is -2.64. The zero-order valence-electron chi connectivity index (χ0n) is 12.3. The maximum atomic E-state index is 10.3. The normalized spacial score (nSPS) is 34.0. The molecule has 2 rings (SSSR count). The van der Waals surface area contributed by atoms with Crippen LogP contribution in [0.2, 0.25) is 0 Å². The molecule has 2 saturated heterocycles. The molecule has 2 aliphatic rings. The fourth-order valence-electron chi connectivity index (χ4n) is 3.62. The van der Waals surface area contributed by atoms with Crippen LogP contribution in [0.1, 0.15) is 60.3 Å². The third-order valence-electron chi connectivity index (χ3n) is 4.08. The SMILES string of the molecule is CCCC1COC2(CC(C)(C)N(O)C(C)(C)C2)O1. The molecule has 0 amide bonds. The van der Waals surface area contributed by atoms with Gasteiger partial charge >= 0.3 is 0 Å². The van der Waals surface area contributed by atoms with Gasteiger partial charge in [-0.1, -0.05) is 13.3 Å². The Labute approximate surface area is 110 Å². The van der Waals surface area contributed by atoms with Gasteiger partial charge in [0.2, 0.25) is 0 Å². The molecule has 0 aliphatic carbocycles. The number of hydrogen-bond acceptors (Lipinski definition) is 4. The van der Waals surface area contributed by atoms with Gasteiger partial charge in [-0.3, -0.25) is 0 Å². The van der Waals surface area contributed by atoms with Crippen LogP contribution in [-0.2, 0) is 9.47 Å². The predicted octanol–water partition coefficient (Wildman–Crippen LogP) is 2.94. The Morgan fingerprint density at radius 2 is 1.72 bits per heavy atom. The summed E-state index contributed by atoms with van der Waals surface area (Å²) in [5.41, 5.74) is -0.661. The molecule has 4 heteroatoms. The lowest BCUT2D eigenvalue weighted by atomic mass is 9.78. The number of hydrogen-bond donors (Lipinski definition) is 1. The molecule has 0 radical (unpaired) electrons. The summed E-state index contributed by atoms with van der Waals surface area (Å²) in [4.78, 5) is 0. The standard InChI is InChI=1S/C14H27NO3/c1-6-7-11-8-17-14(18-11)9-12(2,3)15(16)13(4,5)10-14/h11,16H,6-10H2,1-5H3. The molecule has 0 aromatic heterocycles. The van der Waals surface area contributed by atoms with E-state index in [1.54, 1.807) is 0 Å². The molecule has 18 heavy (non-hydrogen) atoms. The van der Waals surface area contributed by atoms with Crippen molar-refractivity contribution in [2.45, 2.75) is 83.3 Å². The van der Waals surface area contributed by atoms with E-state index in [-0.39, 0.29) is 17.2 Å². The zero-order chi connectivity index (χ0) is 13.6. The lowest BCUT2D eigenvalue weighted by molar-refractivity contribution is -0.317. The number of hydroxylamine groups is 2. The molecular weight excluding hydrogens is 230 g/mol. The van der Waals surface area contributed by atoms with Gasteiger partial charge in [0.05, 0.1) is 12.7 Å². The lowest BCUT2D eigenvalue weighted by Gasteiger charge is -2.54. The van der Waals surface area contributed by atoms with Crippen LogP contribution in [0, 0.1) is 0 Å². The Kier molecular flexibility index (Phi) is 3.52.